The minimum absolute atomic E-state index is 0.0364. The second-order valence-corrected chi connectivity index (χ2v) is 7.35. The molecule has 0 aromatic heterocycles. The highest BCUT2D eigenvalue weighted by molar-refractivity contribution is 5.87. The summed E-state index contributed by atoms with van der Waals surface area (Å²) in [5.74, 6) is -0.0364. The van der Waals surface area contributed by atoms with Crippen molar-refractivity contribution in [2.75, 3.05) is 57.0 Å². The van der Waals surface area contributed by atoms with Gasteiger partial charge in [0.1, 0.15) is 6.61 Å². The Kier molecular flexibility index (Phi) is 9.11. The van der Waals surface area contributed by atoms with E-state index in [4.69, 9.17) is 9.94 Å². The molecule has 0 spiro atoms. The standard InChI is InChI=1S/C22H31N5O4/c1-23-20-13-17(7-10-19(20)25-30)15-31-22(29)27(4)18-8-5-16(6-9-18)14-21(28)24-11-12-26(2)3/h5-10,13,23,25,30H,11-12,14-15H2,1-4H3,(H,24,28). The van der Waals surface area contributed by atoms with Crippen molar-refractivity contribution in [2.45, 2.75) is 13.0 Å². The molecule has 4 N–H and O–H groups in total. The van der Waals surface area contributed by atoms with Crippen LogP contribution in [0.1, 0.15) is 11.1 Å². The number of anilines is 3. The molecule has 0 fully saturated rings. The Morgan fingerprint density at radius 2 is 1.68 bits per heavy atom. The molecular formula is C22H31N5O4. The maximum Gasteiger partial charge on any atom is 0.414 e. The zero-order valence-electron chi connectivity index (χ0n) is 18.4. The van der Waals surface area contributed by atoms with Crippen molar-refractivity contribution < 1.29 is 19.5 Å². The van der Waals surface area contributed by atoms with Gasteiger partial charge in [-0.1, -0.05) is 18.2 Å². The van der Waals surface area contributed by atoms with Gasteiger partial charge in [0.2, 0.25) is 5.91 Å². The van der Waals surface area contributed by atoms with E-state index in [1.54, 1.807) is 44.4 Å². The van der Waals surface area contributed by atoms with Crippen molar-refractivity contribution >= 4 is 29.1 Å². The lowest BCUT2D eigenvalue weighted by molar-refractivity contribution is -0.120. The van der Waals surface area contributed by atoms with Crippen LogP contribution in [0.4, 0.5) is 21.9 Å². The quantitative estimate of drug-likeness (QED) is 0.430. The molecule has 9 heteroatoms. The molecule has 0 saturated carbocycles. The van der Waals surface area contributed by atoms with Crippen LogP contribution < -0.4 is 21.0 Å². The van der Waals surface area contributed by atoms with Gasteiger partial charge in [-0.15, -0.1) is 0 Å². The van der Waals surface area contributed by atoms with Crippen molar-refractivity contribution in [3.8, 4) is 0 Å². The number of carbonyl (C=O) groups excluding carboxylic acids is 2. The molecule has 168 valence electrons. The summed E-state index contributed by atoms with van der Waals surface area (Å²) in [6, 6.07) is 12.4. The number of carbonyl (C=O) groups is 2. The summed E-state index contributed by atoms with van der Waals surface area (Å²) in [6.07, 6.45) is -0.210. The van der Waals surface area contributed by atoms with Gasteiger partial charge >= 0.3 is 6.09 Å². The van der Waals surface area contributed by atoms with E-state index in [2.05, 4.69) is 16.1 Å². The first-order chi connectivity index (χ1) is 14.8. The van der Waals surface area contributed by atoms with E-state index in [-0.39, 0.29) is 18.9 Å². The first-order valence-corrected chi connectivity index (χ1v) is 9.95. The molecule has 31 heavy (non-hydrogen) atoms. The number of rotatable bonds is 10. The number of hydrogen-bond donors (Lipinski definition) is 4. The average Bonchev–Trinajstić information content (AvgIpc) is 2.76. The Balaban J connectivity index is 1.87. The van der Waals surface area contributed by atoms with Crippen LogP contribution in [0, 0.1) is 0 Å². The predicted octanol–water partition coefficient (Wildman–Crippen LogP) is 2.52. The third-order valence-electron chi connectivity index (χ3n) is 4.68. The van der Waals surface area contributed by atoms with E-state index in [0.29, 0.717) is 23.6 Å². The first-order valence-electron chi connectivity index (χ1n) is 9.95. The Morgan fingerprint density at radius 1 is 1.00 bits per heavy atom. The number of nitrogens with one attached hydrogen (secondary N) is 3. The lowest BCUT2D eigenvalue weighted by atomic mass is 10.1. The van der Waals surface area contributed by atoms with Crippen LogP contribution in [0.15, 0.2) is 42.5 Å². The van der Waals surface area contributed by atoms with Crippen molar-refractivity contribution in [2.24, 2.45) is 0 Å². The largest absolute Gasteiger partial charge is 0.444 e. The highest BCUT2D eigenvalue weighted by Crippen LogP contribution is 2.23. The van der Waals surface area contributed by atoms with Crippen LogP contribution in [0.5, 0.6) is 0 Å². The average molecular weight is 430 g/mol. The summed E-state index contributed by atoms with van der Waals surface area (Å²) < 4.78 is 5.38. The smallest absolute Gasteiger partial charge is 0.414 e. The van der Waals surface area contributed by atoms with Crippen LogP contribution >= 0.6 is 0 Å². The Hall–Kier alpha value is -3.30. The molecule has 0 aliphatic carbocycles. The van der Waals surface area contributed by atoms with Crippen molar-refractivity contribution in [3.05, 3.63) is 53.6 Å². The third-order valence-corrected chi connectivity index (χ3v) is 4.68. The molecule has 0 saturated heterocycles. The van der Waals surface area contributed by atoms with E-state index in [0.717, 1.165) is 17.7 Å². The van der Waals surface area contributed by atoms with Crippen LogP contribution in [0.2, 0.25) is 0 Å². The maximum absolute atomic E-state index is 12.4. The highest BCUT2D eigenvalue weighted by Gasteiger charge is 2.13. The fourth-order valence-corrected chi connectivity index (χ4v) is 2.84. The maximum atomic E-state index is 12.4. The molecule has 2 aromatic carbocycles. The molecule has 0 aliphatic rings. The molecule has 9 nitrogen and oxygen atoms in total. The summed E-state index contributed by atoms with van der Waals surface area (Å²) in [4.78, 5) is 27.8. The molecule has 0 radical (unpaired) electrons. The molecule has 0 bridgehead atoms. The lowest BCUT2D eigenvalue weighted by Gasteiger charge is -2.18. The SMILES string of the molecule is CNc1cc(COC(=O)N(C)c2ccc(CC(=O)NCCN(C)C)cc2)ccc1NO. The van der Waals surface area contributed by atoms with Crippen LogP contribution in [-0.4, -0.2) is 63.4 Å². The third kappa shape index (κ3) is 7.47. The molecule has 0 aliphatic heterocycles. The zero-order valence-corrected chi connectivity index (χ0v) is 18.4. The van der Waals surface area contributed by atoms with Gasteiger partial charge in [0.25, 0.3) is 0 Å². The topological polar surface area (TPSA) is 106 Å². The van der Waals surface area contributed by atoms with Gasteiger partial charge in [0.15, 0.2) is 0 Å². The van der Waals surface area contributed by atoms with E-state index < -0.39 is 6.09 Å². The minimum Gasteiger partial charge on any atom is -0.444 e. The molecule has 0 atom stereocenters. The zero-order chi connectivity index (χ0) is 22.8. The second kappa shape index (κ2) is 11.8. The van der Waals surface area contributed by atoms with Crippen LogP contribution in [0.3, 0.4) is 0 Å². The Morgan fingerprint density at radius 3 is 2.29 bits per heavy atom. The fourth-order valence-electron chi connectivity index (χ4n) is 2.84. The van der Waals surface area contributed by atoms with E-state index in [1.165, 1.54) is 4.90 Å². The van der Waals surface area contributed by atoms with Gasteiger partial charge in [-0.25, -0.2) is 4.79 Å². The van der Waals surface area contributed by atoms with Crippen LogP contribution in [-0.2, 0) is 22.6 Å². The molecule has 0 unspecified atom stereocenters. The molecular weight excluding hydrogens is 398 g/mol. The summed E-state index contributed by atoms with van der Waals surface area (Å²) in [5, 5.41) is 14.9. The Labute approximate surface area is 182 Å². The summed E-state index contributed by atoms with van der Waals surface area (Å²) in [5.41, 5.74) is 5.63. The summed E-state index contributed by atoms with van der Waals surface area (Å²) in [6.45, 7) is 1.48. The van der Waals surface area contributed by atoms with Crippen molar-refractivity contribution in [1.29, 1.82) is 0 Å². The molecule has 2 aromatic rings. The number of hydrogen-bond acceptors (Lipinski definition) is 7. The fraction of sp³-hybridized carbons (Fsp3) is 0.364. The van der Waals surface area contributed by atoms with Crippen molar-refractivity contribution in [3.63, 3.8) is 0 Å². The predicted molar refractivity (Wildman–Crippen MR) is 122 cm³/mol. The number of nitrogens with zero attached hydrogens (tertiary/aromatic N) is 2. The highest BCUT2D eigenvalue weighted by atomic mass is 16.6. The Bertz CT molecular complexity index is 871. The minimum atomic E-state index is -0.496. The van der Waals surface area contributed by atoms with Gasteiger partial charge in [-0.2, -0.15) is 0 Å². The number of ether oxygens (including phenoxy) is 1. The molecule has 2 rings (SSSR count). The first kappa shape index (κ1) is 24.0. The monoisotopic (exact) mass is 429 g/mol. The van der Waals surface area contributed by atoms with E-state index in [9.17, 15) is 9.59 Å². The van der Waals surface area contributed by atoms with Gasteiger partial charge in [-0.05, 0) is 49.5 Å². The van der Waals surface area contributed by atoms with E-state index in [1.807, 2.05) is 31.1 Å². The van der Waals surface area contributed by atoms with Gasteiger partial charge in [0.05, 0.1) is 17.8 Å². The molecule has 2 amide bonds. The van der Waals surface area contributed by atoms with Gasteiger partial charge in [-0.3, -0.25) is 20.4 Å². The normalized spacial score (nSPS) is 10.5. The summed E-state index contributed by atoms with van der Waals surface area (Å²) in [7, 11) is 7.27. The number of likely N-dealkylation sites (N-methyl/N-ethyl adjacent to an activating group) is 1. The van der Waals surface area contributed by atoms with Crippen molar-refractivity contribution in [1.82, 2.24) is 10.2 Å². The molecule has 0 heterocycles. The summed E-state index contributed by atoms with van der Waals surface area (Å²) >= 11 is 0. The van der Waals surface area contributed by atoms with Gasteiger partial charge in [0, 0.05) is 32.9 Å². The van der Waals surface area contributed by atoms with Gasteiger partial charge < -0.3 is 20.3 Å². The lowest BCUT2D eigenvalue weighted by Crippen LogP contribution is -2.32. The number of amides is 2. The van der Waals surface area contributed by atoms with E-state index >= 15 is 0 Å². The second-order valence-electron chi connectivity index (χ2n) is 7.35. The number of benzene rings is 2. The van der Waals surface area contributed by atoms with Crippen LogP contribution in [0.25, 0.3) is 0 Å².